The third-order valence-electron chi connectivity index (χ3n) is 4.93. The number of rotatable bonds is 6. The number of nitrogens with one attached hydrogen (secondary N) is 2. The molecule has 1 atom stereocenters. The maximum Gasteiger partial charge on any atom is 0.320 e. The van der Waals surface area contributed by atoms with Crippen LogP contribution in [-0.2, 0) is 6.54 Å². The van der Waals surface area contributed by atoms with E-state index in [2.05, 4.69) is 22.7 Å². The van der Waals surface area contributed by atoms with Gasteiger partial charge >= 0.3 is 6.03 Å². The Balaban J connectivity index is 1.62. The van der Waals surface area contributed by atoms with Crippen molar-refractivity contribution in [1.82, 2.24) is 20.0 Å². The molecule has 0 aliphatic heterocycles. The molecule has 144 valence electrons. The molecule has 0 saturated heterocycles. The van der Waals surface area contributed by atoms with E-state index in [-0.39, 0.29) is 18.0 Å². The van der Waals surface area contributed by atoms with E-state index in [1.165, 1.54) is 17.7 Å². The minimum atomic E-state index is -0.285. The summed E-state index contributed by atoms with van der Waals surface area (Å²) in [4.78, 5) is 26.0. The van der Waals surface area contributed by atoms with Gasteiger partial charge in [0.1, 0.15) is 5.82 Å². The second-order valence-electron chi connectivity index (χ2n) is 7.41. The second kappa shape index (κ2) is 7.82. The lowest BCUT2D eigenvalue weighted by Gasteiger charge is -2.16. The van der Waals surface area contributed by atoms with Gasteiger partial charge in [-0.05, 0) is 50.3 Å². The summed E-state index contributed by atoms with van der Waals surface area (Å²) < 4.78 is 1.91. The number of hydrogen-bond donors (Lipinski definition) is 2. The van der Waals surface area contributed by atoms with Gasteiger partial charge in [0.2, 0.25) is 0 Å². The number of benzene rings is 1. The van der Waals surface area contributed by atoms with E-state index in [0.717, 1.165) is 16.9 Å². The summed E-state index contributed by atoms with van der Waals surface area (Å²) in [5, 5.41) is 10.2. The minimum absolute atomic E-state index is 0.0603. The second-order valence-corrected chi connectivity index (χ2v) is 7.41. The van der Waals surface area contributed by atoms with Crippen molar-refractivity contribution in [2.45, 2.75) is 39.3 Å². The molecule has 1 fully saturated rings. The molecule has 7 heteroatoms. The summed E-state index contributed by atoms with van der Waals surface area (Å²) in [5.74, 6) is 1.32. The molecule has 0 bridgehead atoms. The van der Waals surface area contributed by atoms with Gasteiger partial charge in [-0.1, -0.05) is 12.1 Å². The van der Waals surface area contributed by atoms with E-state index in [0.29, 0.717) is 18.0 Å². The summed E-state index contributed by atoms with van der Waals surface area (Å²) in [6, 6.07) is 7.27. The molecule has 1 aromatic carbocycles. The van der Waals surface area contributed by atoms with E-state index in [1.54, 1.807) is 32.4 Å². The average Bonchev–Trinajstić information content (AvgIpc) is 3.44. The molecule has 2 N–H and O–H groups in total. The number of amides is 3. The third kappa shape index (κ3) is 4.48. The van der Waals surface area contributed by atoms with E-state index in [4.69, 9.17) is 0 Å². The molecule has 1 aromatic heterocycles. The highest BCUT2D eigenvalue weighted by atomic mass is 16.2. The van der Waals surface area contributed by atoms with Crippen molar-refractivity contribution in [3.8, 4) is 0 Å². The van der Waals surface area contributed by atoms with Gasteiger partial charge in [-0.3, -0.25) is 10.1 Å². The Morgan fingerprint density at radius 2 is 2.07 bits per heavy atom. The molecule has 1 unspecified atom stereocenters. The normalized spacial score (nSPS) is 14.5. The fourth-order valence-electron chi connectivity index (χ4n) is 3.10. The van der Waals surface area contributed by atoms with Gasteiger partial charge in [0.05, 0.1) is 12.2 Å². The molecule has 3 amide bonds. The van der Waals surface area contributed by atoms with Crippen molar-refractivity contribution in [3.05, 3.63) is 47.2 Å². The van der Waals surface area contributed by atoms with Crippen LogP contribution in [0.1, 0.15) is 47.3 Å². The fraction of sp³-hybridized carbons (Fsp3) is 0.450. The topological polar surface area (TPSA) is 79.3 Å². The summed E-state index contributed by atoms with van der Waals surface area (Å²) in [5.41, 5.74) is 2.41. The first-order valence-corrected chi connectivity index (χ1v) is 9.26. The zero-order valence-corrected chi connectivity index (χ0v) is 16.3. The predicted octanol–water partition coefficient (Wildman–Crippen LogP) is 3.19. The molecule has 0 radical (unpaired) electrons. The van der Waals surface area contributed by atoms with Crippen LogP contribution in [0.4, 0.5) is 10.6 Å². The summed E-state index contributed by atoms with van der Waals surface area (Å²) in [6.45, 7) is 4.42. The van der Waals surface area contributed by atoms with Gasteiger partial charge in [-0.25, -0.2) is 9.48 Å². The molecule has 1 saturated carbocycles. The lowest BCUT2D eigenvalue weighted by atomic mass is 10.1. The van der Waals surface area contributed by atoms with Gasteiger partial charge < -0.3 is 10.2 Å². The van der Waals surface area contributed by atoms with Crippen LogP contribution in [0.25, 0.3) is 0 Å². The maximum atomic E-state index is 12.4. The highest BCUT2D eigenvalue weighted by molar-refractivity contribution is 5.94. The number of anilines is 1. The van der Waals surface area contributed by atoms with Crippen LogP contribution in [0.3, 0.4) is 0 Å². The first-order valence-electron chi connectivity index (χ1n) is 9.26. The van der Waals surface area contributed by atoms with Crippen LogP contribution in [0.2, 0.25) is 0 Å². The van der Waals surface area contributed by atoms with Gasteiger partial charge in [-0.2, -0.15) is 5.10 Å². The van der Waals surface area contributed by atoms with Crippen LogP contribution in [-0.4, -0.2) is 40.7 Å². The summed E-state index contributed by atoms with van der Waals surface area (Å²) >= 11 is 0. The summed E-state index contributed by atoms with van der Waals surface area (Å²) in [7, 11) is 3.43. The van der Waals surface area contributed by atoms with Crippen LogP contribution in [0, 0.1) is 12.8 Å². The number of aryl methyl sites for hydroxylation is 1. The zero-order chi connectivity index (χ0) is 19.6. The van der Waals surface area contributed by atoms with Crippen LogP contribution in [0.5, 0.6) is 0 Å². The molecule has 27 heavy (non-hydrogen) atoms. The Hall–Kier alpha value is -2.83. The van der Waals surface area contributed by atoms with Crippen LogP contribution >= 0.6 is 0 Å². The monoisotopic (exact) mass is 369 g/mol. The molecule has 2 aromatic rings. The van der Waals surface area contributed by atoms with Crippen molar-refractivity contribution >= 4 is 17.8 Å². The standard InChI is InChI=1S/C20H27N5O2/c1-13-11-22-25(14(2)16-8-9-16)18(13)23-20(27)21-12-15-6-5-7-17(10-15)19(26)24(3)4/h5-7,10-11,14,16H,8-9,12H2,1-4H3,(H2,21,23,27). The number of aromatic nitrogens is 2. The molecule has 0 spiro atoms. The van der Waals surface area contributed by atoms with Gasteiger partial charge in [0.15, 0.2) is 0 Å². The van der Waals surface area contributed by atoms with Gasteiger partial charge in [0, 0.05) is 31.8 Å². The lowest BCUT2D eigenvalue weighted by Crippen LogP contribution is -2.30. The molecule has 7 nitrogen and oxygen atoms in total. The molecular weight excluding hydrogens is 342 g/mol. The van der Waals surface area contributed by atoms with E-state index < -0.39 is 0 Å². The first-order chi connectivity index (χ1) is 12.9. The Bertz CT molecular complexity index is 839. The van der Waals surface area contributed by atoms with Gasteiger partial charge in [-0.15, -0.1) is 0 Å². The molecule has 1 aliphatic carbocycles. The molecule has 1 heterocycles. The number of urea groups is 1. The Labute approximate surface area is 159 Å². The van der Waals surface area contributed by atoms with Crippen LogP contribution in [0.15, 0.2) is 30.5 Å². The zero-order valence-electron chi connectivity index (χ0n) is 16.3. The summed E-state index contributed by atoms with van der Waals surface area (Å²) in [6.07, 6.45) is 4.21. The largest absolute Gasteiger partial charge is 0.345 e. The van der Waals surface area contributed by atoms with Crippen molar-refractivity contribution < 1.29 is 9.59 Å². The number of carbonyl (C=O) groups is 2. The quantitative estimate of drug-likeness (QED) is 0.821. The first kappa shape index (κ1) is 18.9. The van der Waals surface area contributed by atoms with Crippen molar-refractivity contribution in [3.63, 3.8) is 0 Å². The smallest absolute Gasteiger partial charge is 0.320 e. The Morgan fingerprint density at radius 3 is 2.74 bits per heavy atom. The van der Waals surface area contributed by atoms with Crippen molar-refractivity contribution in [1.29, 1.82) is 0 Å². The highest BCUT2D eigenvalue weighted by Crippen LogP contribution is 2.40. The molecule has 3 rings (SSSR count). The van der Waals surface area contributed by atoms with Gasteiger partial charge in [0.25, 0.3) is 5.91 Å². The van der Waals surface area contributed by atoms with Crippen molar-refractivity contribution in [2.24, 2.45) is 5.92 Å². The average molecular weight is 369 g/mol. The third-order valence-corrected chi connectivity index (χ3v) is 4.93. The fourth-order valence-corrected chi connectivity index (χ4v) is 3.10. The van der Waals surface area contributed by atoms with Crippen molar-refractivity contribution in [2.75, 3.05) is 19.4 Å². The maximum absolute atomic E-state index is 12.4. The molecular formula is C20H27N5O2. The highest BCUT2D eigenvalue weighted by Gasteiger charge is 2.31. The minimum Gasteiger partial charge on any atom is -0.345 e. The Kier molecular flexibility index (Phi) is 5.48. The SMILES string of the molecule is Cc1cnn(C(C)C2CC2)c1NC(=O)NCc1cccc(C(=O)N(C)C)c1. The van der Waals surface area contributed by atoms with E-state index in [9.17, 15) is 9.59 Å². The van der Waals surface area contributed by atoms with E-state index in [1.807, 2.05) is 23.7 Å². The predicted molar refractivity (Wildman–Crippen MR) is 105 cm³/mol. The Morgan fingerprint density at radius 1 is 1.33 bits per heavy atom. The molecule has 1 aliphatic rings. The lowest BCUT2D eigenvalue weighted by molar-refractivity contribution is 0.0827. The van der Waals surface area contributed by atoms with E-state index >= 15 is 0 Å². The number of carbonyl (C=O) groups excluding carboxylic acids is 2. The number of hydrogen-bond acceptors (Lipinski definition) is 3. The number of nitrogens with zero attached hydrogens (tertiary/aromatic N) is 3. The van der Waals surface area contributed by atoms with Crippen LogP contribution < -0.4 is 10.6 Å².